The van der Waals surface area contributed by atoms with Crippen LogP contribution >= 0.6 is 23.2 Å². The van der Waals surface area contributed by atoms with Gasteiger partial charge in [0.2, 0.25) is 0 Å². The molecular weight excluding hydrogens is 305 g/mol. The summed E-state index contributed by atoms with van der Waals surface area (Å²) in [6.45, 7) is 5.03. The number of fused-ring (bicyclic) bond motifs is 1. The van der Waals surface area contributed by atoms with Gasteiger partial charge in [-0.2, -0.15) is 0 Å². The highest BCUT2D eigenvalue weighted by Crippen LogP contribution is 2.40. The highest BCUT2D eigenvalue weighted by Gasteiger charge is 2.32. The lowest BCUT2D eigenvalue weighted by atomic mass is 9.85. The molecule has 0 bridgehead atoms. The number of rotatable bonds is 2. The van der Waals surface area contributed by atoms with Crippen LogP contribution in [-0.4, -0.2) is 6.61 Å². The monoisotopic (exact) mass is 321 g/mol. The second kappa shape index (κ2) is 5.20. The lowest BCUT2D eigenvalue weighted by Gasteiger charge is -2.19. The first kappa shape index (κ1) is 14.7. The smallest absolute Gasteiger partial charge is 0.123 e. The molecule has 4 heteroatoms. The van der Waals surface area contributed by atoms with Gasteiger partial charge in [0.25, 0.3) is 0 Å². The van der Waals surface area contributed by atoms with Gasteiger partial charge in [-0.15, -0.1) is 0 Å². The summed E-state index contributed by atoms with van der Waals surface area (Å²) in [5.74, 6) is 0.938. The second-order valence-electron chi connectivity index (χ2n) is 6.07. The molecule has 1 heterocycles. The van der Waals surface area contributed by atoms with Crippen molar-refractivity contribution in [2.75, 3.05) is 6.61 Å². The van der Waals surface area contributed by atoms with Gasteiger partial charge in [-0.1, -0.05) is 43.1 Å². The van der Waals surface area contributed by atoms with Crippen molar-refractivity contribution in [1.29, 1.82) is 0 Å². The van der Waals surface area contributed by atoms with Gasteiger partial charge in [-0.05, 0) is 41.5 Å². The minimum atomic E-state index is -0.308. The fraction of sp³-hybridized carbons (Fsp3) is 0.294. The highest BCUT2D eigenvalue weighted by atomic mass is 35.5. The van der Waals surface area contributed by atoms with Gasteiger partial charge in [0.1, 0.15) is 5.75 Å². The van der Waals surface area contributed by atoms with Crippen molar-refractivity contribution in [3.63, 3.8) is 0 Å². The molecule has 2 nitrogen and oxygen atoms in total. The zero-order valence-electron chi connectivity index (χ0n) is 12.0. The normalized spacial score (nSPS) is 17.2. The minimum absolute atomic E-state index is 0.00317. The average molecular weight is 322 g/mol. The molecule has 1 atom stereocenters. The van der Waals surface area contributed by atoms with Crippen LogP contribution < -0.4 is 10.5 Å². The predicted molar refractivity (Wildman–Crippen MR) is 87.5 cm³/mol. The molecule has 0 radical (unpaired) electrons. The third kappa shape index (κ3) is 2.64. The Balaban J connectivity index is 2.03. The van der Waals surface area contributed by atoms with Crippen LogP contribution in [0, 0.1) is 0 Å². The Morgan fingerprint density at radius 1 is 1.14 bits per heavy atom. The first-order valence-corrected chi connectivity index (χ1v) is 7.62. The standard InChI is InChI=1S/C17H17Cl2NO/c1-17(2)9-21-15-6-3-10(7-13(15)17)16(20)12-8-11(18)4-5-14(12)19/h3-8,16H,9,20H2,1-2H3. The molecule has 0 aliphatic carbocycles. The van der Waals surface area contributed by atoms with Gasteiger partial charge < -0.3 is 10.5 Å². The maximum absolute atomic E-state index is 6.38. The largest absolute Gasteiger partial charge is 0.492 e. The van der Waals surface area contributed by atoms with Crippen LogP contribution in [0.1, 0.15) is 36.6 Å². The van der Waals surface area contributed by atoms with Gasteiger partial charge >= 0.3 is 0 Å². The molecule has 2 aromatic rings. The van der Waals surface area contributed by atoms with Gasteiger partial charge in [-0.25, -0.2) is 0 Å². The van der Waals surface area contributed by atoms with Crippen LogP contribution in [0.3, 0.4) is 0 Å². The highest BCUT2D eigenvalue weighted by molar-refractivity contribution is 6.33. The SMILES string of the molecule is CC1(C)COc2ccc(C(N)c3cc(Cl)ccc3Cl)cc21. The molecule has 2 N–H and O–H groups in total. The summed E-state index contributed by atoms with van der Waals surface area (Å²) in [5.41, 5.74) is 9.42. The van der Waals surface area contributed by atoms with E-state index in [9.17, 15) is 0 Å². The van der Waals surface area contributed by atoms with Crippen LogP contribution in [0.4, 0.5) is 0 Å². The molecule has 0 saturated carbocycles. The Morgan fingerprint density at radius 3 is 2.67 bits per heavy atom. The number of halogens is 2. The number of ether oxygens (including phenoxy) is 1. The Kier molecular flexibility index (Phi) is 3.64. The topological polar surface area (TPSA) is 35.2 Å². The second-order valence-corrected chi connectivity index (χ2v) is 6.92. The third-order valence-corrected chi connectivity index (χ3v) is 4.55. The summed E-state index contributed by atoms with van der Waals surface area (Å²) in [6, 6.07) is 11.1. The molecule has 0 fully saturated rings. The summed E-state index contributed by atoms with van der Waals surface area (Å²) in [7, 11) is 0. The molecule has 2 aromatic carbocycles. The van der Waals surface area contributed by atoms with Crippen LogP contribution in [0.15, 0.2) is 36.4 Å². The fourth-order valence-corrected chi connectivity index (χ4v) is 3.08. The molecule has 0 aromatic heterocycles. The lowest BCUT2D eigenvalue weighted by molar-refractivity contribution is 0.291. The maximum atomic E-state index is 6.38. The van der Waals surface area contributed by atoms with E-state index in [0.29, 0.717) is 16.7 Å². The van der Waals surface area contributed by atoms with Crippen molar-refractivity contribution in [2.24, 2.45) is 5.73 Å². The molecule has 0 spiro atoms. The van der Waals surface area contributed by atoms with E-state index in [-0.39, 0.29) is 11.5 Å². The summed E-state index contributed by atoms with van der Waals surface area (Å²) in [6.07, 6.45) is 0. The summed E-state index contributed by atoms with van der Waals surface area (Å²) in [5, 5.41) is 1.26. The minimum Gasteiger partial charge on any atom is -0.492 e. The average Bonchev–Trinajstić information content (AvgIpc) is 2.76. The quantitative estimate of drug-likeness (QED) is 0.869. The Bertz CT molecular complexity index is 697. The van der Waals surface area contributed by atoms with Crippen molar-refractivity contribution in [2.45, 2.75) is 25.3 Å². The number of benzene rings is 2. The molecular formula is C17H17Cl2NO. The Morgan fingerprint density at radius 2 is 1.90 bits per heavy atom. The number of hydrogen-bond donors (Lipinski definition) is 1. The van der Waals surface area contributed by atoms with Crippen LogP contribution in [0.5, 0.6) is 5.75 Å². The van der Waals surface area contributed by atoms with Crippen molar-refractivity contribution in [3.05, 3.63) is 63.1 Å². The zero-order valence-corrected chi connectivity index (χ0v) is 13.5. The van der Waals surface area contributed by atoms with E-state index in [1.54, 1.807) is 12.1 Å². The van der Waals surface area contributed by atoms with E-state index in [1.807, 2.05) is 18.2 Å². The first-order chi connectivity index (χ1) is 9.88. The Labute approximate surface area is 134 Å². The van der Waals surface area contributed by atoms with Gasteiger partial charge in [-0.3, -0.25) is 0 Å². The zero-order chi connectivity index (χ0) is 15.2. The molecule has 3 rings (SSSR count). The van der Waals surface area contributed by atoms with E-state index in [2.05, 4.69) is 19.9 Å². The van der Waals surface area contributed by atoms with Crippen molar-refractivity contribution in [3.8, 4) is 5.75 Å². The van der Waals surface area contributed by atoms with Crippen molar-refractivity contribution in [1.82, 2.24) is 0 Å². The van der Waals surface area contributed by atoms with Crippen LogP contribution in [-0.2, 0) is 5.41 Å². The lowest BCUT2D eigenvalue weighted by Crippen LogP contribution is -2.19. The molecule has 110 valence electrons. The molecule has 21 heavy (non-hydrogen) atoms. The van der Waals surface area contributed by atoms with E-state index in [4.69, 9.17) is 33.7 Å². The van der Waals surface area contributed by atoms with Gasteiger partial charge in [0.05, 0.1) is 12.6 Å². The van der Waals surface area contributed by atoms with E-state index < -0.39 is 0 Å². The molecule has 1 unspecified atom stereocenters. The summed E-state index contributed by atoms with van der Waals surface area (Å²) < 4.78 is 5.71. The van der Waals surface area contributed by atoms with E-state index >= 15 is 0 Å². The summed E-state index contributed by atoms with van der Waals surface area (Å²) >= 11 is 12.3. The maximum Gasteiger partial charge on any atom is 0.123 e. The van der Waals surface area contributed by atoms with Crippen molar-refractivity contribution < 1.29 is 4.74 Å². The first-order valence-electron chi connectivity index (χ1n) is 6.86. The van der Waals surface area contributed by atoms with E-state index in [1.165, 1.54) is 5.56 Å². The number of nitrogens with two attached hydrogens (primary N) is 1. The summed E-state index contributed by atoms with van der Waals surface area (Å²) in [4.78, 5) is 0. The van der Waals surface area contributed by atoms with Crippen molar-refractivity contribution >= 4 is 23.2 Å². The molecule has 0 amide bonds. The van der Waals surface area contributed by atoms with E-state index in [0.717, 1.165) is 16.9 Å². The number of hydrogen-bond acceptors (Lipinski definition) is 2. The molecule has 0 saturated heterocycles. The molecule has 1 aliphatic rings. The Hall–Kier alpha value is -1.22. The van der Waals surface area contributed by atoms with Gasteiger partial charge in [0.15, 0.2) is 0 Å². The molecule has 1 aliphatic heterocycles. The van der Waals surface area contributed by atoms with Crippen LogP contribution in [0.25, 0.3) is 0 Å². The fourth-order valence-electron chi connectivity index (χ4n) is 2.66. The third-order valence-electron chi connectivity index (χ3n) is 3.97. The van der Waals surface area contributed by atoms with Gasteiger partial charge in [0, 0.05) is 21.0 Å². The van der Waals surface area contributed by atoms with Crippen LogP contribution in [0.2, 0.25) is 10.0 Å². The predicted octanol–water partition coefficient (Wildman–Crippen LogP) is 4.71.